The second kappa shape index (κ2) is 11.9. The number of nitrogens with one attached hydrogen (secondary N) is 3. The van der Waals surface area contributed by atoms with Gasteiger partial charge >= 0.3 is 5.69 Å². The van der Waals surface area contributed by atoms with Crippen LogP contribution in [-0.2, 0) is 4.79 Å². The van der Waals surface area contributed by atoms with E-state index in [0.717, 1.165) is 6.33 Å². The Balaban J connectivity index is 1.51. The van der Waals surface area contributed by atoms with Crippen molar-refractivity contribution in [2.45, 2.75) is 0 Å². The first kappa shape index (κ1) is 25.5. The number of ether oxygens (including phenoxy) is 1. The summed E-state index contributed by atoms with van der Waals surface area (Å²) in [6, 6.07) is 22.9. The number of hydrogen-bond donors (Lipinski definition) is 3. The predicted octanol–water partition coefficient (Wildman–Crippen LogP) is 5.38. The van der Waals surface area contributed by atoms with Crippen LogP contribution in [0.25, 0.3) is 0 Å². The molecule has 11 nitrogen and oxygen atoms in total. The van der Waals surface area contributed by atoms with E-state index in [2.05, 4.69) is 26.2 Å². The summed E-state index contributed by atoms with van der Waals surface area (Å²) in [4.78, 5) is 31.6. The molecule has 0 unspecified atom stereocenters. The van der Waals surface area contributed by atoms with Crippen molar-refractivity contribution >= 4 is 57.8 Å². The highest BCUT2D eigenvalue weighted by Gasteiger charge is 2.25. The molecule has 0 aliphatic carbocycles. The number of carbonyl (C=O) groups is 1. The third kappa shape index (κ3) is 6.54. The Kier molecular flexibility index (Phi) is 8.18. The minimum absolute atomic E-state index is 0.103. The van der Waals surface area contributed by atoms with E-state index in [0.29, 0.717) is 16.4 Å². The molecule has 0 radical (unpaired) electrons. The molecule has 3 aromatic carbocycles. The number of amides is 1. The number of nitrogens with zero attached hydrogens (tertiary/aromatic N) is 4. The molecule has 188 valence electrons. The van der Waals surface area contributed by atoms with Crippen molar-refractivity contribution in [1.29, 1.82) is 0 Å². The fourth-order valence-electron chi connectivity index (χ4n) is 3.16. The summed E-state index contributed by atoms with van der Waals surface area (Å²) in [6.45, 7) is -0.422. The molecule has 37 heavy (non-hydrogen) atoms. The molecule has 0 fully saturated rings. The molecule has 1 heterocycles. The van der Waals surface area contributed by atoms with Gasteiger partial charge in [-0.15, -0.1) is 0 Å². The highest BCUT2D eigenvalue weighted by atomic mass is 35.5. The van der Waals surface area contributed by atoms with Crippen molar-refractivity contribution in [2.24, 2.45) is 0 Å². The van der Waals surface area contributed by atoms with Gasteiger partial charge in [-0.2, -0.15) is 0 Å². The molecule has 3 N–H and O–H groups in total. The van der Waals surface area contributed by atoms with Crippen LogP contribution in [0.4, 0.5) is 28.7 Å². The van der Waals surface area contributed by atoms with Crippen LogP contribution in [-0.4, -0.2) is 27.4 Å². The Bertz CT molecular complexity index is 1360. The van der Waals surface area contributed by atoms with Crippen LogP contribution in [0.15, 0.2) is 85.2 Å². The number of nitro groups is 1. The zero-order valence-electron chi connectivity index (χ0n) is 19.0. The van der Waals surface area contributed by atoms with Gasteiger partial charge in [0, 0.05) is 5.02 Å². The number of hydrogen-bond acceptors (Lipinski definition) is 9. The second-order valence-corrected chi connectivity index (χ2v) is 8.18. The highest BCUT2D eigenvalue weighted by Crippen LogP contribution is 2.32. The van der Waals surface area contributed by atoms with Gasteiger partial charge in [0.15, 0.2) is 6.61 Å². The molecule has 4 rings (SSSR count). The minimum atomic E-state index is -0.658. The van der Waals surface area contributed by atoms with Crippen molar-refractivity contribution in [1.82, 2.24) is 15.4 Å². The molecule has 1 aromatic heterocycles. The van der Waals surface area contributed by atoms with Gasteiger partial charge in [-0.25, -0.2) is 9.97 Å². The van der Waals surface area contributed by atoms with Gasteiger partial charge < -0.3 is 4.74 Å². The number of para-hydroxylation sites is 2. The van der Waals surface area contributed by atoms with Gasteiger partial charge in [-0.05, 0) is 42.5 Å². The molecule has 1 amide bonds. The first-order chi connectivity index (χ1) is 17.9. The summed E-state index contributed by atoms with van der Waals surface area (Å²) in [5.74, 6) is -0.721. The Morgan fingerprint density at radius 3 is 2.16 bits per heavy atom. The van der Waals surface area contributed by atoms with Gasteiger partial charge in [0.05, 0.1) is 21.3 Å². The maximum absolute atomic E-state index is 12.3. The average molecular weight is 540 g/mol. The Hall–Kier alpha value is -4.61. The van der Waals surface area contributed by atoms with E-state index in [1.807, 2.05) is 60.7 Å². The van der Waals surface area contributed by atoms with Crippen molar-refractivity contribution in [3.8, 4) is 5.75 Å². The minimum Gasteiger partial charge on any atom is -0.482 e. The lowest BCUT2D eigenvalue weighted by Crippen LogP contribution is -2.34. The predicted molar refractivity (Wildman–Crippen MR) is 141 cm³/mol. The standard InChI is InChI=1S/C24H19Cl2N7O4/c25-16-11-12-20(19(26)13-16)37-14-21(34)29-30-23-22(33(35)36)24(28-15-27-23)31-32(17-7-3-1-4-8-17)18-9-5-2-6-10-18/h1-13,15H,14H2,(H,29,34)(H2,27,28,30,31). The van der Waals surface area contributed by atoms with E-state index in [1.165, 1.54) is 12.1 Å². The van der Waals surface area contributed by atoms with Crippen LogP contribution in [0.3, 0.4) is 0 Å². The SMILES string of the molecule is O=C(COc1ccc(Cl)cc1Cl)NNc1ncnc(NN(c2ccccc2)c2ccccc2)c1[N+](=O)[O-]. The largest absolute Gasteiger partial charge is 0.482 e. The number of anilines is 4. The maximum Gasteiger partial charge on any atom is 0.356 e. The quantitative estimate of drug-likeness (QED) is 0.179. The maximum atomic E-state index is 12.3. The summed E-state index contributed by atoms with van der Waals surface area (Å²) in [7, 11) is 0. The molecule has 0 saturated carbocycles. The zero-order chi connectivity index (χ0) is 26.2. The monoisotopic (exact) mass is 539 g/mol. The van der Waals surface area contributed by atoms with Crippen molar-refractivity contribution in [3.05, 3.63) is 105 Å². The molecule has 0 atom stereocenters. The van der Waals surface area contributed by atoms with Gasteiger partial charge in [0.25, 0.3) is 5.91 Å². The van der Waals surface area contributed by atoms with Crippen LogP contribution in [0.5, 0.6) is 5.75 Å². The average Bonchev–Trinajstić information content (AvgIpc) is 2.91. The smallest absolute Gasteiger partial charge is 0.356 e. The van der Waals surface area contributed by atoms with Gasteiger partial charge in [0.2, 0.25) is 11.6 Å². The normalized spacial score (nSPS) is 10.3. The highest BCUT2D eigenvalue weighted by molar-refractivity contribution is 6.35. The summed E-state index contributed by atoms with van der Waals surface area (Å²) < 4.78 is 5.37. The van der Waals surface area contributed by atoms with Crippen LogP contribution < -0.4 is 26.0 Å². The molecule has 0 bridgehead atoms. The summed E-state index contributed by atoms with van der Waals surface area (Å²) >= 11 is 11.9. The number of benzene rings is 3. The molecule has 4 aromatic rings. The van der Waals surface area contributed by atoms with E-state index < -0.39 is 23.1 Å². The molecule has 0 saturated heterocycles. The zero-order valence-corrected chi connectivity index (χ0v) is 20.5. The number of carbonyl (C=O) groups excluding carboxylic acids is 1. The molecular weight excluding hydrogens is 521 g/mol. The Morgan fingerprint density at radius 1 is 0.946 bits per heavy atom. The number of aromatic nitrogens is 2. The van der Waals surface area contributed by atoms with E-state index in [9.17, 15) is 14.9 Å². The second-order valence-electron chi connectivity index (χ2n) is 7.33. The summed E-state index contributed by atoms with van der Waals surface area (Å²) in [5.41, 5.74) is 8.70. The first-order valence-electron chi connectivity index (χ1n) is 10.7. The van der Waals surface area contributed by atoms with E-state index >= 15 is 0 Å². The summed E-state index contributed by atoms with van der Waals surface area (Å²) in [6.07, 6.45) is 1.13. The lowest BCUT2D eigenvalue weighted by atomic mass is 10.2. The third-order valence-electron chi connectivity index (χ3n) is 4.82. The van der Waals surface area contributed by atoms with Gasteiger partial charge in [-0.1, -0.05) is 59.6 Å². The number of halogens is 2. The molecule has 0 spiro atoms. The van der Waals surface area contributed by atoms with Crippen LogP contribution >= 0.6 is 23.2 Å². The summed E-state index contributed by atoms with van der Waals surface area (Å²) in [5, 5.41) is 14.3. The lowest BCUT2D eigenvalue weighted by Gasteiger charge is -2.26. The van der Waals surface area contributed by atoms with Crippen LogP contribution in [0, 0.1) is 10.1 Å². The van der Waals surface area contributed by atoms with Crippen molar-refractivity contribution < 1.29 is 14.5 Å². The fourth-order valence-corrected chi connectivity index (χ4v) is 3.63. The van der Waals surface area contributed by atoms with Crippen molar-refractivity contribution in [2.75, 3.05) is 22.5 Å². The topological polar surface area (TPSA) is 135 Å². The molecule has 0 aliphatic rings. The third-order valence-corrected chi connectivity index (χ3v) is 5.35. The van der Waals surface area contributed by atoms with E-state index in [-0.39, 0.29) is 22.4 Å². The first-order valence-corrected chi connectivity index (χ1v) is 11.5. The van der Waals surface area contributed by atoms with Crippen LogP contribution in [0.1, 0.15) is 0 Å². The number of rotatable bonds is 10. The molecule has 13 heteroatoms. The van der Waals surface area contributed by atoms with Crippen LogP contribution in [0.2, 0.25) is 10.0 Å². The molecule has 0 aliphatic heterocycles. The van der Waals surface area contributed by atoms with Crippen molar-refractivity contribution in [3.63, 3.8) is 0 Å². The fraction of sp³-hybridized carbons (Fsp3) is 0.0417. The van der Waals surface area contributed by atoms with E-state index in [4.69, 9.17) is 27.9 Å². The van der Waals surface area contributed by atoms with Gasteiger partial charge in [0.1, 0.15) is 12.1 Å². The Morgan fingerprint density at radius 2 is 1.57 bits per heavy atom. The lowest BCUT2D eigenvalue weighted by molar-refractivity contribution is -0.383. The van der Waals surface area contributed by atoms with Gasteiger partial charge in [-0.3, -0.25) is 36.2 Å². The Labute approximate surface area is 221 Å². The number of hydrazine groups is 2. The van der Waals surface area contributed by atoms with E-state index in [1.54, 1.807) is 11.1 Å². The molecular formula is C24H19Cl2N7O4.